The minimum Gasteiger partial charge on any atom is -0.376 e. The zero-order valence-corrected chi connectivity index (χ0v) is 16.0. The molecule has 0 unspecified atom stereocenters. The fourth-order valence-electron chi connectivity index (χ4n) is 2.72. The monoisotopic (exact) mass is 373 g/mol. The molecule has 0 fully saturated rings. The van der Waals surface area contributed by atoms with Crippen LogP contribution in [0.1, 0.15) is 15.9 Å². The second-order valence-electron chi connectivity index (χ2n) is 6.54. The third kappa shape index (κ3) is 4.98. The third-order valence-corrected chi connectivity index (χ3v) is 4.37. The van der Waals surface area contributed by atoms with E-state index in [1.54, 1.807) is 36.2 Å². The van der Waals surface area contributed by atoms with Gasteiger partial charge in [0.2, 0.25) is 5.91 Å². The van der Waals surface area contributed by atoms with E-state index in [2.05, 4.69) is 10.6 Å². The fraction of sp³-hybridized carbons (Fsp3) is 0.130. The van der Waals surface area contributed by atoms with E-state index in [9.17, 15) is 9.59 Å². The number of hydrogen-bond acceptors (Lipinski definition) is 3. The number of benzene rings is 3. The molecule has 0 atom stereocenters. The minimum atomic E-state index is -0.152. The number of nitrogens with zero attached hydrogens (tertiary/aromatic N) is 1. The van der Waals surface area contributed by atoms with Crippen molar-refractivity contribution >= 4 is 28.9 Å². The predicted octanol–water partition coefficient (Wildman–Crippen LogP) is 4.32. The second kappa shape index (κ2) is 8.86. The van der Waals surface area contributed by atoms with Crippen molar-refractivity contribution in [2.75, 3.05) is 29.1 Å². The van der Waals surface area contributed by atoms with Crippen LogP contribution in [0.15, 0.2) is 78.9 Å². The Morgan fingerprint density at radius 3 is 2.07 bits per heavy atom. The van der Waals surface area contributed by atoms with E-state index in [0.717, 1.165) is 11.4 Å². The summed E-state index contributed by atoms with van der Waals surface area (Å²) in [7, 11) is 1.74. The molecule has 0 radical (unpaired) electrons. The maximum atomic E-state index is 12.6. The van der Waals surface area contributed by atoms with Gasteiger partial charge in [0.25, 0.3) is 5.91 Å². The molecule has 3 aromatic carbocycles. The SMILES string of the molecule is Cc1ccc(NCC(=O)Nc2ccc(C(=O)N(C)c3ccccc3)cc2)cc1. The Morgan fingerprint density at radius 2 is 1.43 bits per heavy atom. The van der Waals surface area contributed by atoms with Crippen LogP contribution in [0.3, 0.4) is 0 Å². The number of carbonyl (C=O) groups is 2. The number of hydrogen-bond donors (Lipinski definition) is 2. The van der Waals surface area contributed by atoms with Gasteiger partial charge in [-0.2, -0.15) is 0 Å². The Kier molecular flexibility index (Phi) is 6.07. The largest absolute Gasteiger partial charge is 0.376 e. The van der Waals surface area contributed by atoms with Gasteiger partial charge in [-0.25, -0.2) is 0 Å². The van der Waals surface area contributed by atoms with Gasteiger partial charge in [-0.3, -0.25) is 9.59 Å². The normalized spacial score (nSPS) is 10.2. The number of rotatable bonds is 6. The highest BCUT2D eigenvalue weighted by atomic mass is 16.2. The molecule has 2 N–H and O–H groups in total. The van der Waals surface area contributed by atoms with E-state index in [4.69, 9.17) is 0 Å². The predicted molar refractivity (Wildman–Crippen MR) is 114 cm³/mol. The minimum absolute atomic E-state index is 0.106. The molecule has 0 aliphatic heterocycles. The summed E-state index contributed by atoms with van der Waals surface area (Å²) >= 11 is 0. The second-order valence-corrected chi connectivity index (χ2v) is 6.54. The van der Waals surface area contributed by atoms with Gasteiger partial charge in [-0.05, 0) is 55.5 Å². The molecule has 3 aromatic rings. The van der Waals surface area contributed by atoms with Gasteiger partial charge in [-0.1, -0.05) is 35.9 Å². The molecule has 5 heteroatoms. The molecule has 0 aliphatic carbocycles. The number of amides is 2. The van der Waals surface area contributed by atoms with Crippen LogP contribution in [-0.4, -0.2) is 25.4 Å². The van der Waals surface area contributed by atoms with Crippen LogP contribution in [0.4, 0.5) is 17.1 Å². The zero-order valence-electron chi connectivity index (χ0n) is 16.0. The van der Waals surface area contributed by atoms with Gasteiger partial charge in [0.15, 0.2) is 0 Å². The average molecular weight is 373 g/mol. The lowest BCUT2D eigenvalue weighted by molar-refractivity contribution is -0.114. The molecule has 5 nitrogen and oxygen atoms in total. The van der Waals surface area contributed by atoms with Gasteiger partial charge in [0, 0.05) is 29.7 Å². The highest BCUT2D eigenvalue weighted by molar-refractivity contribution is 6.06. The van der Waals surface area contributed by atoms with Crippen molar-refractivity contribution in [2.24, 2.45) is 0 Å². The van der Waals surface area contributed by atoms with Crippen molar-refractivity contribution in [1.82, 2.24) is 0 Å². The summed E-state index contributed by atoms with van der Waals surface area (Å²) in [6.07, 6.45) is 0. The first-order chi connectivity index (χ1) is 13.5. The maximum Gasteiger partial charge on any atom is 0.258 e. The van der Waals surface area contributed by atoms with Crippen molar-refractivity contribution in [3.05, 3.63) is 90.0 Å². The van der Waals surface area contributed by atoms with E-state index in [1.165, 1.54) is 5.56 Å². The van der Waals surface area contributed by atoms with Crippen molar-refractivity contribution in [3.8, 4) is 0 Å². The molecule has 0 heterocycles. The van der Waals surface area contributed by atoms with Gasteiger partial charge in [0.05, 0.1) is 6.54 Å². The molecule has 0 bridgehead atoms. The molecular weight excluding hydrogens is 350 g/mol. The summed E-state index contributed by atoms with van der Waals surface area (Å²) in [6.45, 7) is 2.18. The number of carbonyl (C=O) groups excluding carboxylic acids is 2. The highest BCUT2D eigenvalue weighted by Crippen LogP contribution is 2.16. The van der Waals surface area contributed by atoms with Crippen LogP contribution in [0.2, 0.25) is 0 Å². The molecule has 2 amide bonds. The van der Waals surface area contributed by atoms with Crippen molar-refractivity contribution in [2.45, 2.75) is 6.92 Å². The first kappa shape index (κ1) is 19.2. The highest BCUT2D eigenvalue weighted by Gasteiger charge is 2.13. The van der Waals surface area contributed by atoms with Crippen LogP contribution >= 0.6 is 0 Å². The van der Waals surface area contributed by atoms with Crippen molar-refractivity contribution in [3.63, 3.8) is 0 Å². The van der Waals surface area contributed by atoms with Gasteiger partial charge in [-0.15, -0.1) is 0 Å². The lowest BCUT2D eigenvalue weighted by Gasteiger charge is -2.17. The molecule has 28 heavy (non-hydrogen) atoms. The van der Waals surface area contributed by atoms with Crippen molar-refractivity contribution in [1.29, 1.82) is 0 Å². The quantitative estimate of drug-likeness (QED) is 0.676. The Morgan fingerprint density at radius 1 is 0.821 bits per heavy atom. The van der Waals surface area contributed by atoms with Crippen LogP contribution < -0.4 is 15.5 Å². The summed E-state index contributed by atoms with van der Waals surface area (Å²) in [5.74, 6) is -0.258. The summed E-state index contributed by atoms with van der Waals surface area (Å²) in [5, 5.41) is 5.91. The number of nitrogens with one attached hydrogen (secondary N) is 2. The van der Waals surface area contributed by atoms with E-state index < -0.39 is 0 Å². The molecule has 142 valence electrons. The molecule has 0 aromatic heterocycles. The van der Waals surface area contributed by atoms with Crippen LogP contribution in [0, 0.1) is 6.92 Å². The lowest BCUT2D eigenvalue weighted by atomic mass is 10.1. The summed E-state index contributed by atoms with van der Waals surface area (Å²) < 4.78 is 0. The zero-order chi connectivity index (χ0) is 19.9. The number of aryl methyl sites for hydroxylation is 1. The molecule has 0 aliphatic rings. The maximum absolute atomic E-state index is 12.6. The average Bonchev–Trinajstić information content (AvgIpc) is 2.73. The van der Waals surface area contributed by atoms with E-state index in [1.807, 2.05) is 61.5 Å². The van der Waals surface area contributed by atoms with Gasteiger partial charge < -0.3 is 15.5 Å². The van der Waals surface area contributed by atoms with Crippen LogP contribution in [-0.2, 0) is 4.79 Å². The Hall–Kier alpha value is -3.60. The molecule has 0 saturated carbocycles. The smallest absolute Gasteiger partial charge is 0.258 e. The van der Waals surface area contributed by atoms with Gasteiger partial charge >= 0.3 is 0 Å². The summed E-state index contributed by atoms with van der Waals surface area (Å²) in [5.41, 5.74) is 4.09. The van der Waals surface area contributed by atoms with E-state index in [-0.39, 0.29) is 18.4 Å². The number of para-hydroxylation sites is 1. The topological polar surface area (TPSA) is 61.4 Å². The summed E-state index contributed by atoms with van der Waals surface area (Å²) in [4.78, 5) is 26.3. The van der Waals surface area contributed by atoms with Gasteiger partial charge in [0.1, 0.15) is 0 Å². The Bertz CT molecular complexity index is 936. The Labute approximate surface area is 165 Å². The molecule has 0 saturated heterocycles. The number of anilines is 3. The molecule has 3 rings (SSSR count). The fourth-order valence-corrected chi connectivity index (χ4v) is 2.72. The van der Waals surface area contributed by atoms with E-state index in [0.29, 0.717) is 11.3 Å². The Balaban J connectivity index is 1.55. The summed E-state index contributed by atoms with van der Waals surface area (Å²) in [6, 6.07) is 24.2. The standard InChI is InChI=1S/C23H23N3O2/c1-17-8-12-19(13-9-17)24-16-22(27)25-20-14-10-18(11-15-20)23(28)26(2)21-6-4-3-5-7-21/h3-15,24H,16H2,1-2H3,(H,25,27). The van der Waals surface area contributed by atoms with Crippen LogP contribution in [0.5, 0.6) is 0 Å². The van der Waals surface area contributed by atoms with Crippen molar-refractivity contribution < 1.29 is 9.59 Å². The third-order valence-electron chi connectivity index (χ3n) is 4.37. The first-order valence-electron chi connectivity index (χ1n) is 9.06. The molecular formula is C23H23N3O2. The first-order valence-corrected chi connectivity index (χ1v) is 9.06. The van der Waals surface area contributed by atoms with Crippen LogP contribution in [0.25, 0.3) is 0 Å². The lowest BCUT2D eigenvalue weighted by Crippen LogP contribution is -2.26. The van der Waals surface area contributed by atoms with E-state index >= 15 is 0 Å². The molecule has 0 spiro atoms.